The lowest BCUT2D eigenvalue weighted by Gasteiger charge is -2.35. The number of nitrogens with zero attached hydrogens (tertiary/aromatic N) is 1. The molecule has 0 N–H and O–H groups in total. The molecule has 0 unspecified atom stereocenters. The number of fused-ring (bicyclic) bond motifs is 12. The van der Waals surface area contributed by atoms with Gasteiger partial charge in [-0.25, -0.2) is 0 Å². The molecule has 0 saturated carbocycles. The van der Waals surface area contributed by atoms with Crippen LogP contribution in [0, 0.1) is 0 Å². The molecule has 3 heterocycles. The van der Waals surface area contributed by atoms with E-state index < -0.39 is 5.41 Å². The first kappa shape index (κ1) is 39.6. The van der Waals surface area contributed by atoms with Gasteiger partial charge in [0.05, 0.1) is 5.41 Å². The fourth-order valence-electron chi connectivity index (χ4n) is 11.9. The molecule has 0 radical (unpaired) electrons. The van der Waals surface area contributed by atoms with Crippen LogP contribution in [0.25, 0.3) is 99.2 Å². The Balaban J connectivity index is 0.988. The minimum Gasteiger partial charge on any atom is -0.456 e. The minimum absolute atomic E-state index is 0.560. The smallest absolute Gasteiger partial charge is 0.144 e. The zero-order valence-corrected chi connectivity index (χ0v) is 38.3. The van der Waals surface area contributed by atoms with E-state index in [1.54, 1.807) is 0 Å². The third-order valence-corrected chi connectivity index (χ3v) is 14.9. The monoisotopic (exact) mass is 907 g/mol. The lowest BCUT2D eigenvalue weighted by atomic mass is 9.67. The molecular formula is C67H41NO3. The van der Waals surface area contributed by atoms with E-state index in [1.807, 2.05) is 24.3 Å². The third-order valence-electron chi connectivity index (χ3n) is 14.9. The molecule has 14 aromatic rings. The highest BCUT2D eigenvalue weighted by Gasteiger charge is 2.46. The molecule has 332 valence electrons. The van der Waals surface area contributed by atoms with Gasteiger partial charge in [0.1, 0.15) is 33.5 Å². The van der Waals surface area contributed by atoms with Crippen LogP contribution in [0.15, 0.2) is 262 Å². The fourth-order valence-corrected chi connectivity index (χ4v) is 11.9. The van der Waals surface area contributed by atoms with Crippen molar-refractivity contribution in [2.75, 3.05) is 4.90 Å². The van der Waals surface area contributed by atoms with E-state index in [0.29, 0.717) is 0 Å². The summed E-state index contributed by atoms with van der Waals surface area (Å²) in [6.45, 7) is 0. The highest BCUT2D eigenvalue weighted by Crippen LogP contribution is 2.57. The van der Waals surface area contributed by atoms with E-state index in [4.69, 9.17) is 13.3 Å². The van der Waals surface area contributed by atoms with Gasteiger partial charge >= 0.3 is 0 Å². The number of hydrogen-bond donors (Lipinski definition) is 0. The summed E-state index contributed by atoms with van der Waals surface area (Å²) in [7, 11) is 0. The van der Waals surface area contributed by atoms with Gasteiger partial charge in [-0.15, -0.1) is 0 Å². The summed E-state index contributed by atoms with van der Waals surface area (Å²) < 4.78 is 20.6. The van der Waals surface area contributed by atoms with Crippen molar-refractivity contribution in [2.45, 2.75) is 5.41 Å². The van der Waals surface area contributed by atoms with Gasteiger partial charge < -0.3 is 18.2 Å². The first-order valence-corrected chi connectivity index (χ1v) is 24.2. The van der Waals surface area contributed by atoms with Gasteiger partial charge in [0.2, 0.25) is 0 Å². The van der Waals surface area contributed by atoms with E-state index in [1.165, 1.54) is 38.9 Å². The molecule has 1 aliphatic rings. The van der Waals surface area contributed by atoms with Crippen molar-refractivity contribution in [3.8, 4) is 33.4 Å². The Kier molecular flexibility index (Phi) is 8.54. The predicted molar refractivity (Wildman–Crippen MR) is 291 cm³/mol. The Labute approximate surface area is 408 Å². The highest BCUT2D eigenvalue weighted by atomic mass is 16.3. The summed E-state index contributed by atoms with van der Waals surface area (Å²) in [6, 6.07) is 89.2. The van der Waals surface area contributed by atoms with E-state index >= 15 is 0 Å². The second kappa shape index (κ2) is 15.3. The molecule has 71 heavy (non-hydrogen) atoms. The van der Waals surface area contributed by atoms with Gasteiger partial charge in [0, 0.05) is 60.5 Å². The van der Waals surface area contributed by atoms with Crippen LogP contribution in [0.3, 0.4) is 0 Å². The van der Waals surface area contributed by atoms with Gasteiger partial charge in [-0.05, 0) is 105 Å². The van der Waals surface area contributed by atoms with Crippen LogP contribution in [0.1, 0.15) is 22.3 Å². The van der Waals surface area contributed by atoms with Crippen molar-refractivity contribution in [2.24, 2.45) is 0 Å². The number of hydrogen-bond acceptors (Lipinski definition) is 4. The summed E-state index contributed by atoms with van der Waals surface area (Å²) in [6.07, 6.45) is 0. The molecule has 1 aliphatic carbocycles. The Morgan fingerprint density at radius 3 is 1.62 bits per heavy atom. The number of rotatable bonds is 7. The third kappa shape index (κ3) is 5.79. The van der Waals surface area contributed by atoms with Crippen LogP contribution >= 0.6 is 0 Å². The van der Waals surface area contributed by atoms with E-state index in [2.05, 4.69) is 229 Å². The fraction of sp³-hybridized carbons (Fsp3) is 0.0149. The van der Waals surface area contributed by atoms with Crippen molar-refractivity contribution in [3.05, 3.63) is 271 Å². The number of para-hydroxylation sites is 3. The van der Waals surface area contributed by atoms with Crippen LogP contribution in [-0.2, 0) is 5.41 Å². The second-order valence-corrected chi connectivity index (χ2v) is 18.7. The van der Waals surface area contributed by atoms with Crippen LogP contribution in [-0.4, -0.2) is 0 Å². The molecule has 0 spiro atoms. The molecule has 4 heteroatoms. The average molecular weight is 908 g/mol. The van der Waals surface area contributed by atoms with Crippen LogP contribution in [0.4, 0.5) is 17.1 Å². The maximum Gasteiger partial charge on any atom is 0.144 e. The van der Waals surface area contributed by atoms with Crippen LogP contribution in [0.5, 0.6) is 0 Å². The van der Waals surface area contributed by atoms with Gasteiger partial charge in [-0.2, -0.15) is 0 Å². The molecule has 0 amide bonds. The zero-order chi connectivity index (χ0) is 46.6. The Morgan fingerprint density at radius 1 is 0.296 bits per heavy atom. The van der Waals surface area contributed by atoms with Crippen molar-refractivity contribution < 1.29 is 13.3 Å². The van der Waals surface area contributed by atoms with Gasteiger partial charge in [0.25, 0.3) is 0 Å². The lowest BCUT2D eigenvalue weighted by molar-refractivity contribution is 0.662. The number of anilines is 3. The van der Waals surface area contributed by atoms with Gasteiger partial charge in [-0.3, -0.25) is 0 Å². The van der Waals surface area contributed by atoms with E-state index in [0.717, 1.165) is 99.6 Å². The maximum absolute atomic E-state index is 7.12. The lowest BCUT2D eigenvalue weighted by Crippen LogP contribution is -2.28. The molecule has 0 atom stereocenters. The van der Waals surface area contributed by atoms with Crippen molar-refractivity contribution in [3.63, 3.8) is 0 Å². The molecular weight excluding hydrogens is 867 g/mol. The quantitative estimate of drug-likeness (QED) is 0.160. The minimum atomic E-state index is -0.560. The van der Waals surface area contributed by atoms with E-state index in [9.17, 15) is 0 Å². The van der Waals surface area contributed by atoms with Crippen molar-refractivity contribution in [1.82, 2.24) is 0 Å². The Bertz CT molecular complexity index is 4350. The second-order valence-electron chi connectivity index (χ2n) is 18.7. The van der Waals surface area contributed by atoms with Crippen LogP contribution in [0.2, 0.25) is 0 Å². The normalized spacial score (nSPS) is 12.9. The largest absolute Gasteiger partial charge is 0.456 e. The molecule has 0 aliphatic heterocycles. The summed E-state index contributed by atoms with van der Waals surface area (Å²) in [5.74, 6) is 0. The van der Waals surface area contributed by atoms with Gasteiger partial charge in [-0.1, -0.05) is 188 Å². The molecule has 0 saturated heterocycles. The number of furan rings is 3. The molecule has 15 rings (SSSR count). The molecule has 4 nitrogen and oxygen atoms in total. The van der Waals surface area contributed by atoms with Gasteiger partial charge in [0.15, 0.2) is 0 Å². The molecule has 11 aromatic carbocycles. The standard InChI is InChI=1S/C67H41NO3/c1-4-17-42(18-5-1)43-31-33-46(34-32-43)68(48-35-37-50-49-23-10-13-28-57(49)67(58(50)40-48,44-19-6-2-7-20-44)45-21-8-3-9-22-45)47-36-38-61-55(39-47)56-41-62-63(53-25-12-15-30-60(53)69-62)64(66(56)71-61)54-27-16-26-52-51-24-11-14-29-59(51)70-65(52)54/h1-41H. The number of benzene rings is 11. The first-order chi connectivity index (χ1) is 35.2. The van der Waals surface area contributed by atoms with Crippen molar-refractivity contribution >= 4 is 82.9 Å². The maximum atomic E-state index is 7.12. The van der Waals surface area contributed by atoms with Crippen molar-refractivity contribution in [1.29, 1.82) is 0 Å². The Morgan fingerprint density at radius 2 is 0.845 bits per heavy atom. The summed E-state index contributed by atoms with van der Waals surface area (Å²) in [5.41, 5.74) is 19.1. The molecule has 0 fully saturated rings. The first-order valence-electron chi connectivity index (χ1n) is 24.2. The summed E-state index contributed by atoms with van der Waals surface area (Å²) in [4.78, 5) is 2.40. The summed E-state index contributed by atoms with van der Waals surface area (Å²) in [5, 5.41) is 6.12. The topological polar surface area (TPSA) is 42.7 Å². The molecule has 3 aromatic heterocycles. The van der Waals surface area contributed by atoms with E-state index in [-0.39, 0.29) is 0 Å². The zero-order valence-electron chi connectivity index (χ0n) is 38.3. The average Bonchev–Trinajstić information content (AvgIpc) is 4.19. The van der Waals surface area contributed by atoms with Crippen LogP contribution < -0.4 is 4.90 Å². The molecule has 0 bridgehead atoms. The Hall–Kier alpha value is -9.38. The SMILES string of the molecule is c1ccc(-c2ccc(N(c3ccc4c(c3)C(c3ccccc3)(c3ccccc3)c3ccccc3-4)c3ccc4oc5c(-c6cccc7c6oc6ccccc67)c6c(cc5c4c3)oc3ccccc36)cc2)cc1. The highest BCUT2D eigenvalue weighted by molar-refractivity contribution is 6.26. The summed E-state index contributed by atoms with van der Waals surface area (Å²) >= 11 is 0. The predicted octanol–water partition coefficient (Wildman–Crippen LogP) is 18.6.